The van der Waals surface area contributed by atoms with Crippen LogP contribution in [0.25, 0.3) is 0 Å². The van der Waals surface area contributed by atoms with E-state index < -0.39 is 4.75 Å². The lowest BCUT2D eigenvalue weighted by Gasteiger charge is -2.38. The van der Waals surface area contributed by atoms with Crippen LogP contribution in [0.3, 0.4) is 0 Å². The van der Waals surface area contributed by atoms with Gasteiger partial charge in [0.1, 0.15) is 13.2 Å². The van der Waals surface area contributed by atoms with Crippen molar-refractivity contribution in [2.45, 2.75) is 35.3 Å². The molecule has 2 aromatic rings. The maximum Gasteiger partial charge on any atom is 0.331 e. The lowest BCUT2D eigenvalue weighted by molar-refractivity contribution is -0.906. The molecule has 0 aliphatic carbocycles. The molecule has 0 N–H and O–H groups in total. The molecule has 1 aliphatic rings. The fraction of sp³-hybridized carbons (Fsp3) is 0.435. The van der Waals surface area contributed by atoms with Gasteiger partial charge in [-0.3, -0.25) is 0 Å². The molecule has 0 radical (unpaired) electrons. The van der Waals surface area contributed by atoms with Crippen molar-refractivity contribution in [1.82, 2.24) is 0 Å². The molecular formula is C23H30INO2S2. The molecule has 2 aromatic carbocycles. The molecule has 0 atom stereocenters. The number of likely N-dealkylation sites (N-methyl/N-ethyl adjacent to an activating group) is 1. The second-order valence-electron chi connectivity index (χ2n) is 7.32. The van der Waals surface area contributed by atoms with Gasteiger partial charge in [0.25, 0.3) is 0 Å². The third-order valence-corrected chi connectivity index (χ3v) is 8.27. The lowest BCUT2D eigenvalue weighted by atomic mass is 9.89. The highest BCUT2D eigenvalue weighted by Gasteiger charge is 2.49. The van der Waals surface area contributed by atoms with E-state index >= 15 is 0 Å². The van der Waals surface area contributed by atoms with Crippen molar-refractivity contribution in [3.8, 4) is 0 Å². The van der Waals surface area contributed by atoms with Crippen LogP contribution in [0.15, 0.2) is 58.3 Å². The van der Waals surface area contributed by atoms with E-state index in [2.05, 4.69) is 52.1 Å². The number of rotatable bonds is 8. The van der Waals surface area contributed by atoms with Gasteiger partial charge in [0.15, 0.2) is 4.75 Å². The largest absolute Gasteiger partial charge is 1.00 e. The second-order valence-corrected chi connectivity index (χ2v) is 9.88. The standard InChI is InChI=1S/C23H30NO2S2.HI/c1-5-24(4,6-2)16-17-26-22(25)23(27-7-3)18-12-8-10-14-20(18)28-21-15-11-9-13-19(21)23;/h8-15H,5-7,16-17H2,1-4H3;1H/q+1;/p-1. The van der Waals surface area contributed by atoms with Crippen molar-refractivity contribution >= 4 is 29.5 Å². The van der Waals surface area contributed by atoms with Gasteiger partial charge in [-0.1, -0.05) is 55.1 Å². The highest BCUT2D eigenvalue weighted by atomic mass is 127. The molecular weight excluding hydrogens is 513 g/mol. The van der Waals surface area contributed by atoms with Crippen molar-refractivity contribution in [3.05, 3.63) is 59.7 Å². The summed E-state index contributed by atoms with van der Waals surface area (Å²) in [6, 6.07) is 16.5. The lowest BCUT2D eigenvalue weighted by Crippen LogP contribution is -3.00. The van der Waals surface area contributed by atoms with Crippen LogP contribution in [-0.4, -0.2) is 49.5 Å². The molecule has 0 fully saturated rings. The Kier molecular flexibility index (Phi) is 8.94. The molecule has 0 saturated carbocycles. The van der Waals surface area contributed by atoms with Crippen LogP contribution in [0.1, 0.15) is 31.9 Å². The number of carbonyl (C=O) groups excluding carboxylic acids is 1. The first-order chi connectivity index (χ1) is 13.5. The quantitative estimate of drug-likeness (QED) is 0.290. The number of nitrogens with zero attached hydrogens (tertiary/aromatic N) is 1. The maximum absolute atomic E-state index is 13.6. The Labute approximate surface area is 200 Å². The molecule has 29 heavy (non-hydrogen) atoms. The molecule has 3 nitrogen and oxygen atoms in total. The number of hydrogen-bond acceptors (Lipinski definition) is 4. The molecule has 0 saturated heterocycles. The van der Waals surface area contributed by atoms with Gasteiger partial charge in [0.05, 0.1) is 20.1 Å². The van der Waals surface area contributed by atoms with Crippen molar-refractivity contribution in [3.63, 3.8) is 0 Å². The van der Waals surface area contributed by atoms with E-state index in [0.717, 1.165) is 50.8 Å². The number of halogens is 1. The number of hydrogen-bond donors (Lipinski definition) is 0. The van der Waals surface area contributed by atoms with Gasteiger partial charge >= 0.3 is 5.97 Å². The van der Waals surface area contributed by atoms with Gasteiger partial charge in [-0.2, -0.15) is 0 Å². The first kappa shape index (κ1) is 24.6. The van der Waals surface area contributed by atoms with Crippen LogP contribution in [0.2, 0.25) is 0 Å². The Bertz CT molecular complexity index is 794. The molecule has 1 heterocycles. The van der Waals surface area contributed by atoms with Crippen LogP contribution < -0.4 is 24.0 Å². The van der Waals surface area contributed by atoms with Gasteiger partial charge in [0, 0.05) is 9.79 Å². The Morgan fingerprint density at radius 2 is 1.52 bits per heavy atom. The van der Waals surface area contributed by atoms with Crippen molar-refractivity contribution in [2.75, 3.05) is 39.0 Å². The smallest absolute Gasteiger partial charge is 0.331 e. The Balaban J connectivity index is 0.00000300. The molecule has 3 rings (SSSR count). The Morgan fingerprint density at radius 1 is 1.00 bits per heavy atom. The van der Waals surface area contributed by atoms with Crippen molar-refractivity contribution in [1.29, 1.82) is 0 Å². The molecule has 0 amide bonds. The van der Waals surface area contributed by atoms with Crippen LogP contribution in [0.5, 0.6) is 0 Å². The average molecular weight is 544 g/mol. The number of benzene rings is 2. The van der Waals surface area contributed by atoms with E-state index in [9.17, 15) is 4.79 Å². The van der Waals surface area contributed by atoms with E-state index in [1.807, 2.05) is 24.3 Å². The zero-order valence-electron chi connectivity index (χ0n) is 17.6. The second kappa shape index (κ2) is 10.6. The summed E-state index contributed by atoms with van der Waals surface area (Å²) in [6.45, 7) is 9.82. The van der Waals surface area contributed by atoms with Crippen LogP contribution in [-0.2, 0) is 14.3 Å². The monoisotopic (exact) mass is 543 g/mol. The number of ether oxygens (including phenoxy) is 1. The predicted octanol–water partition coefficient (Wildman–Crippen LogP) is 2.18. The van der Waals surface area contributed by atoms with E-state index in [4.69, 9.17) is 4.74 Å². The van der Waals surface area contributed by atoms with Gasteiger partial charge < -0.3 is 33.2 Å². The maximum atomic E-state index is 13.6. The normalized spacial score (nSPS) is 14.3. The molecule has 0 bridgehead atoms. The summed E-state index contributed by atoms with van der Waals surface area (Å²) < 4.78 is 6.08. The highest BCUT2D eigenvalue weighted by molar-refractivity contribution is 8.02. The predicted molar refractivity (Wildman–Crippen MR) is 119 cm³/mol. The molecule has 0 aromatic heterocycles. The van der Waals surface area contributed by atoms with E-state index in [1.54, 1.807) is 23.5 Å². The topological polar surface area (TPSA) is 26.3 Å². The number of esters is 1. The number of thioether (sulfide) groups is 1. The average Bonchev–Trinajstić information content (AvgIpc) is 2.73. The van der Waals surface area contributed by atoms with E-state index in [-0.39, 0.29) is 29.9 Å². The van der Waals surface area contributed by atoms with Crippen molar-refractivity contribution in [2.24, 2.45) is 0 Å². The fourth-order valence-electron chi connectivity index (χ4n) is 3.61. The summed E-state index contributed by atoms with van der Waals surface area (Å²) in [5.41, 5.74) is 2.11. The zero-order chi connectivity index (χ0) is 20.2. The summed E-state index contributed by atoms with van der Waals surface area (Å²) in [7, 11) is 2.21. The summed E-state index contributed by atoms with van der Waals surface area (Å²) in [5, 5.41) is 0. The minimum atomic E-state index is -0.797. The summed E-state index contributed by atoms with van der Waals surface area (Å²) in [6.07, 6.45) is 0. The zero-order valence-corrected chi connectivity index (χ0v) is 21.4. The van der Waals surface area contributed by atoms with Gasteiger partial charge in [0.2, 0.25) is 0 Å². The van der Waals surface area contributed by atoms with E-state index in [1.165, 1.54) is 0 Å². The molecule has 158 valence electrons. The summed E-state index contributed by atoms with van der Waals surface area (Å²) in [5.74, 6) is 0.693. The summed E-state index contributed by atoms with van der Waals surface area (Å²) in [4.78, 5) is 15.9. The first-order valence-electron chi connectivity index (χ1n) is 10.0. The number of quaternary nitrogens is 1. The Morgan fingerprint density at radius 3 is 2.00 bits per heavy atom. The van der Waals surface area contributed by atoms with Gasteiger partial charge in [-0.25, -0.2) is 4.79 Å². The molecule has 1 aliphatic heterocycles. The van der Waals surface area contributed by atoms with E-state index in [0.29, 0.717) is 6.61 Å². The van der Waals surface area contributed by atoms with Crippen LogP contribution >= 0.6 is 23.5 Å². The van der Waals surface area contributed by atoms with Gasteiger partial charge in [-0.15, -0.1) is 11.8 Å². The minimum Gasteiger partial charge on any atom is -1.00 e. The molecule has 6 heteroatoms. The minimum absolute atomic E-state index is 0. The SMILES string of the molecule is CCSC1(C(=O)OCC[N+](C)(CC)CC)c2ccccc2Sc2ccccc21.[I-]. The molecule has 0 unspecified atom stereocenters. The number of carbonyl (C=O) groups is 1. The van der Waals surface area contributed by atoms with Gasteiger partial charge in [-0.05, 0) is 42.9 Å². The number of fused-ring (bicyclic) bond motifs is 2. The third kappa shape index (κ3) is 4.81. The Hall–Kier alpha value is -0.700. The first-order valence-corrected chi connectivity index (χ1v) is 11.8. The third-order valence-electron chi connectivity index (χ3n) is 5.79. The fourth-order valence-corrected chi connectivity index (χ4v) is 6.21. The van der Waals surface area contributed by atoms with Crippen molar-refractivity contribution < 1.29 is 38.0 Å². The highest BCUT2D eigenvalue weighted by Crippen LogP contribution is 2.55. The molecule has 0 spiro atoms. The summed E-state index contributed by atoms with van der Waals surface area (Å²) >= 11 is 3.41. The van der Waals surface area contributed by atoms with Crippen LogP contribution in [0, 0.1) is 0 Å². The van der Waals surface area contributed by atoms with Crippen LogP contribution in [0.4, 0.5) is 0 Å².